The van der Waals surface area contributed by atoms with Crippen LogP contribution in [-0.4, -0.2) is 22.0 Å². The van der Waals surface area contributed by atoms with Crippen LogP contribution in [0, 0.1) is 0 Å². The fourth-order valence-corrected chi connectivity index (χ4v) is 1.50. The molecule has 2 aromatic rings. The second-order valence-corrected chi connectivity index (χ2v) is 3.78. The molecule has 0 fully saturated rings. The van der Waals surface area contributed by atoms with Crippen LogP contribution in [0.3, 0.4) is 0 Å². The standard InChI is InChI=1S/C10H10BF3N3O.K/c1-17-6-8(15-16-17)7-18-10-5-3-2-4-9(10)11(12,13)14;/h2-6H,7H2,1H3;/q-1;+1. The van der Waals surface area contributed by atoms with Crippen LogP contribution in [0.15, 0.2) is 30.5 Å². The summed E-state index contributed by atoms with van der Waals surface area (Å²) in [5.41, 5.74) is -0.261. The largest absolute Gasteiger partial charge is 1.00 e. The minimum Gasteiger partial charge on any atom is -0.490 e. The smallest absolute Gasteiger partial charge is 0.490 e. The third-order valence-electron chi connectivity index (χ3n) is 2.30. The Morgan fingerprint density at radius 1 is 1.26 bits per heavy atom. The van der Waals surface area contributed by atoms with E-state index in [0.29, 0.717) is 5.69 Å². The molecule has 19 heavy (non-hydrogen) atoms. The first-order valence-corrected chi connectivity index (χ1v) is 5.23. The average Bonchev–Trinajstić information content (AvgIpc) is 2.72. The Labute approximate surface area is 150 Å². The first kappa shape index (κ1) is 16.7. The SMILES string of the molecule is Cn1cc(COc2ccccc2[B-](F)(F)F)nn1.[K+]. The molecule has 1 heterocycles. The third-order valence-corrected chi connectivity index (χ3v) is 2.30. The molecule has 0 bridgehead atoms. The van der Waals surface area contributed by atoms with Gasteiger partial charge >= 0.3 is 58.4 Å². The number of ether oxygens (including phenoxy) is 1. The van der Waals surface area contributed by atoms with Gasteiger partial charge in [0.05, 0.1) is 11.9 Å². The van der Waals surface area contributed by atoms with E-state index in [2.05, 4.69) is 10.3 Å². The molecule has 96 valence electrons. The molecule has 0 amide bonds. The fourth-order valence-electron chi connectivity index (χ4n) is 1.50. The van der Waals surface area contributed by atoms with Crippen LogP contribution in [0.25, 0.3) is 0 Å². The molecule has 0 aliphatic carbocycles. The summed E-state index contributed by atoms with van der Waals surface area (Å²) in [5.74, 6) is -0.185. The molecule has 9 heteroatoms. The van der Waals surface area contributed by atoms with Gasteiger partial charge in [-0.05, 0) is 6.07 Å². The number of aryl methyl sites for hydroxylation is 1. The fraction of sp³-hybridized carbons (Fsp3) is 0.200. The van der Waals surface area contributed by atoms with Gasteiger partial charge in [-0.3, -0.25) is 4.68 Å². The molecule has 0 radical (unpaired) electrons. The van der Waals surface area contributed by atoms with Crippen molar-refractivity contribution in [3.05, 3.63) is 36.2 Å². The van der Waals surface area contributed by atoms with Crippen LogP contribution in [0.2, 0.25) is 0 Å². The van der Waals surface area contributed by atoms with Gasteiger partial charge in [-0.1, -0.05) is 28.9 Å². The number of nitrogens with zero attached hydrogens (tertiary/aromatic N) is 3. The summed E-state index contributed by atoms with van der Waals surface area (Å²) in [6.45, 7) is -5.13. The van der Waals surface area contributed by atoms with Gasteiger partial charge in [-0.25, -0.2) is 0 Å². The number of hydrogen-bond acceptors (Lipinski definition) is 3. The third kappa shape index (κ3) is 4.60. The van der Waals surface area contributed by atoms with E-state index in [0.717, 1.165) is 6.07 Å². The summed E-state index contributed by atoms with van der Waals surface area (Å²) in [5, 5.41) is 7.40. The molecule has 1 aromatic carbocycles. The molecular formula is C10H10BF3KN3O. The van der Waals surface area contributed by atoms with Crippen LogP contribution in [0.1, 0.15) is 5.69 Å². The minimum absolute atomic E-state index is 0. The number of benzene rings is 1. The summed E-state index contributed by atoms with van der Waals surface area (Å²) in [6, 6.07) is 5.13. The van der Waals surface area contributed by atoms with Crippen LogP contribution in [0.4, 0.5) is 12.9 Å². The van der Waals surface area contributed by atoms with Crippen LogP contribution < -0.4 is 61.6 Å². The van der Waals surface area contributed by atoms with Crippen molar-refractivity contribution >= 4 is 12.4 Å². The molecule has 1 aromatic heterocycles. The monoisotopic (exact) mass is 295 g/mol. The van der Waals surface area contributed by atoms with Crippen molar-refractivity contribution in [1.82, 2.24) is 15.0 Å². The maximum Gasteiger partial charge on any atom is 1.00 e. The Morgan fingerprint density at radius 2 is 1.95 bits per heavy atom. The van der Waals surface area contributed by atoms with Gasteiger partial charge in [0.2, 0.25) is 0 Å². The molecule has 0 atom stereocenters. The predicted molar refractivity (Wildman–Crippen MR) is 60.5 cm³/mol. The first-order valence-electron chi connectivity index (χ1n) is 5.23. The second kappa shape index (κ2) is 6.89. The predicted octanol–water partition coefficient (Wildman–Crippen LogP) is -1.55. The van der Waals surface area contributed by atoms with E-state index in [9.17, 15) is 12.9 Å². The first-order chi connectivity index (χ1) is 8.47. The molecule has 0 spiro atoms. The number of aromatic nitrogens is 3. The van der Waals surface area contributed by atoms with Gasteiger partial charge in [0.15, 0.2) is 0 Å². The topological polar surface area (TPSA) is 39.9 Å². The molecule has 0 N–H and O–H groups in total. The van der Waals surface area contributed by atoms with Crippen molar-refractivity contribution < 1.29 is 69.1 Å². The Kier molecular flexibility index (Phi) is 6.06. The molecule has 0 unspecified atom stereocenters. The Morgan fingerprint density at radius 3 is 2.53 bits per heavy atom. The van der Waals surface area contributed by atoms with Gasteiger partial charge in [-0.2, -0.15) is 0 Å². The summed E-state index contributed by atoms with van der Waals surface area (Å²) < 4.78 is 44.8. The van der Waals surface area contributed by atoms with Crippen molar-refractivity contribution in [2.45, 2.75) is 6.61 Å². The molecule has 0 aliphatic heterocycles. The quantitative estimate of drug-likeness (QED) is 0.641. The zero-order valence-electron chi connectivity index (χ0n) is 10.6. The summed E-state index contributed by atoms with van der Waals surface area (Å²) >= 11 is 0. The maximum atomic E-state index is 12.7. The molecular weight excluding hydrogens is 285 g/mol. The van der Waals surface area contributed by atoms with Crippen molar-refractivity contribution in [3.8, 4) is 5.75 Å². The molecule has 0 saturated carbocycles. The number of halogens is 3. The molecule has 0 saturated heterocycles. The molecule has 4 nitrogen and oxygen atoms in total. The Hall–Kier alpha value is -0.349. The van der Waals surface area contributed by atoms with E-state index in [1.54, 1.807) is 13.2 Å². The molecule has 0 aliphatic rings. The van der Waals surface area contributed by atoms with E-state index >= 15 is 0 Å². The molecule has 2 rings (SSSR count). The van der Waals surface area contributed by atoms with Gasteiger partial charge in [-0.15, -0.1) is 5.10 Å². The van der Waals surface area contributed by atoms with Gasteiger partial charge < -0.3 is 17.7 Å². The Balaban J connectivity index is 0.00000180. The van der Waals surface area contributed by atoms with E-state index in [1.807, 2.05) is 0 Å². The van der Waals surface area contributed by atoms with Crippen LogP contribution in [-0.2, 0) is 13.7 Å². The van der Waals surface area contributed by atoms with E-state index in [4.69, 9.17) is 4.74 Å². The number of rotatable bonds is 4. The Bertz CT molecular complexity index is 547. The van der Waals surface area contributed by atoms with Crippen molar-refractivity contribution in [3.63, 3.8) is 0 Å². The van der Waals surface area contributed by atoms with Crippen molar-refractivity contribution in [1.29, 1.82) is 0 Å². The van der Waals surface area contributed by atoms with Crippen molar-refractivity contribution in [2.75, 3.05) is 0 Å². The number of hydrogen-bond donors (Lipinski definition) is 0. The van der Waals surface area contributed by atoms with E-state index < -0.39 is 12.4 Å². The summed E-state index contributed by atoms with van der Waals surface area (Å²) in [4.78, 5) is 0. The summed E-state index contributed by atoms with van der Waals surface area (Å²) in [7, 11) is 1.67. The zero-order valence-corrected chi connectivity index (χ0v) is 13.7. The van der Waals surface area contributed by atoms with E-state index in [1.165, 1.54) is 22.9 Å². The second-order valence-electron chi connectivity index (χ2n) is 3.78. The van der Waals surface area contributed by atoms with Gasteiger partial charge in [0, 0.05) is 7.05 Å². The zero-order chi connectivity index (χ0) is 13.2. The summed E-state index contributed by atoms with van der Waals surface area (Å²) in [6.07, 6.45) is 1.58. The van der Waals surface area contributed by atoms with Gasteiger partial charge in [0.1, 0.15) is 12.3 Å². The minimum atomic E-state index is -5.08. The van der Waals surface area contributed by atoms with Crippen molar-refractivity contribution in [2.24, 2.45) is 7.05 Å². The van der Waals surface area contributed by atoms with Gasteiger partial charge in [0.25, 0.3) is 0 Å². The van der Waals surface area contributed by atoms with E-state index in [-0.39, 0.29) is 63.7 Å². The number of para-hydroxylation sites is 1. The van der Waals surface area contributed by atoms with Crippen LogP contribution in [0.5, 0.6) is 5.75 Å². The maximum absolute atomic E-state index is 12.7. The normalized spacial score (nSPS) is 10.9. The average molecular weight is 295 g/mol. The van der Waals surface area contributed by atoms with Crippen LogP contribution >= 0.6 is 0 Å².